The summed E-state index contributed by atoms with van der Waals surface area (Å²) in [4.78, 5) is 14.7. The van der Waals surface area contributed by atoms with Crippen LogP contribution in [0.3, 0.4) is 0 Å². The van der Waals surface area contributed by atoms with Crippen molar-refractivity contribution >= 4 is 5.91 Å². The number of amides is 1. The fourth-order valence-electron chi connectivity index (χ4n) is 3.15. The number of hydrogen-bond donors (Lipinski definition) is 1. The molecule has 2 N–H and O–H groups in total. The van der Waals surface area contributed by atoms with E-state index in [-0.39, 0.29) is 18.0 Å². The van der Waals surface area contributed by atoms with Crippen LogP contribution in [0.5, 0.6) is 0 Å². The van der Waals surface area contributed by atoms with Crippen molar-refractivity contribution in [3.63, 3.8) is 0 Å². The highest BCUT2D eigenvalue weighted by atomic mass is 16.2. The number of likely N-dealkylation sites (tertiary alicyclic amines) is 1. The first-order valence-electron chi connectivity index (χ1n) is 7.82. The monoisotopic (exact) mass is 277 g/mol. The lowest BCUT2D eigenvalue weighted by Crippen LogP contribution is -2.45. The molecule has 0 spiro atoms. The second kappa shape index (κ2) is 6.93. The molecular weight excluding hydrogens is 250 g/mol. The zero-order valence-electron chi connectivity index (χ0n) is 12.7. The predicted octanol–water partition coefficient (Wildman–Crippen LogP) is 2.60. The zero-order valence-corrected chi connectivity index (χ0v) is 12.7. The molecule has 2 rings (SSSR count). The Morgan fingerprint density at radius 2 is 2.25 bits per heavy atom. The lowest BCUT2D eigenvalue weighted by molar-refractivity contribution is -0.135. The third-order valence-corrected chi connectivity index (χ3v) is 4.28. The van der Waals surface area contributed by atoms with Crippen LogP contribution in [0, 0.1) is 0 Å². The van der Waals surface area contributed by atoms with Crippen LogP contribution >= 0.6 is 0 Å². The molecule has 1 aromatic heterocycles. The third kappa shape index (κ3) is 3.23. The van der Waals surface area contributed by atoms with Crippen molar-refractivity contribution in [2.45, 2.75) is 57.5 Å². The highest BCUT2D eigenvalue weighted by molar-refractivity contribution is 5.82. The molecule has 0 aliphatic carbocycles. The molecule has 2 heterocycles. The number of nitrogens with zero attached hydrogens (tertiary/aromatic N) is 2. The second-order valence-electron chi connectivity index (χ2n) is 5.84. The molecule has 1 amide bonds. The van der Waals surface area contributed by atoms with Crippen LogP contribution in [0.1, 0.15) is 57.2 Å². The van der Waals surface area contributed by atoms with Gasteiger partial charge in [-0.3, -0.25) is 4.79 Å². The van der Waals surface area contributed by atoms with E-state index in [1.54, 1.807) is 0 Å². The summed E-state index contributed by atoms with van der Waals surface area (Å²) in [5.41, 5.74) is 7.29. The van der Waals surface area contributed by atoms with E-state index in [2.05, 4.69) is 36.9 Å². The van der Waals surface area contributed by atoms with E-state index in [1.807, 2.05) is 4.90 Å². The van der Waals surface area contributed by atoms with Gasteiger partial charge in [-0.15, -0.1) is 0 Å². The summed E-state index contributed by atoms with van der Waals surface area (Å²) in [6.07, 6.45) is 8.30. The summed E-state index contributed by atoms with van der Waals surface area (Å²) in [6, 6.07) is 4.02. The van der Waals surface area contributed by atoms with E-state index >= 15 is 0 Å². The van der Waals surface area contributed by atoms with E-state index in [0.717, 1.165) is 32.2 Å². The largest absolute Gasteiger partial charge is 0.353 e. The Morgan fingerprint density at radius 1 is 1.45 bits per heavy atom. The standard InChI is InChI=1S/C16H27N3O/c1-3-8-13(17)16(20)19-12-6-4-5-9-15(19)14-10-7-11-18(14)2/h7,10-11,13,15H,3-6,8-9,12,17H2,1-2H3/t13-,15?/m1/s1. The summed E-state index contributed by atoms with van der Waals surface area (Å²) in [7, 11) is 2.05. The molecule has 4 nitrogen and oxygen atoms in total. The maximum absolute atomic E-state index is 12.6. The molecule has 0 saturated carbocycles. The lowest BCUT2D eigenvalue weighted by atomic mass is 10.0. The number of rotatable bonds is 4. The molecule has 1 aliphatic heterocycles. The Kier molecular flexibility index (Phi) is 5.24. The van der Waals surface area contributed by atoms with E-state index < -0.39 is 0 Å². The summed E-state index contributed by atoms with van der Waals surface area (Å²) in [6.45, 7) is 2.91. The van der Waals surface area contributed by atoms with Crippen LogP contribution < -0.4 is 5.73 Å². The molecule has 0 bridgehead atoms. The number of carbonyl (C=O) groups excluding carboxylic acids is 1. The van der Waals surface area contributed by atoms with Gasteiger partial charge in [0.2, 0.25) is 5.91 Å². The van der Waals surface area contributed by atoms with Gasteiger partial charge in [-0.1, -0.05) is 26.2 Å². The summed E-state index contributed by atoms with van der Waals surface area (Å²) < 4.78 is 2.13. The minimum atomic E-state index is -0.346. The van der Waals surface area contributed by atoms with E-state index in [4.69, 9.17) is 5.73 Å². The third-order valence-electron chi connectivity index (χ3n) is 4.28. The Labute approximate surface area is 121 Å². The molecule has 1 fully saturated rings. The van der Waals surface area contributed by atoms with Crippen molar-refractivity contribution in [2.75, 3.05) is 6.54 Å². The molecule has 112 valence electrons. The average molecular weight is 277 g/mol. The van der Waals surface area contributed by atoms with Crippen molar-refractivity contribution in [3.8, 4) is 0 Å². The van der Waals surface area contributed by atoms with E-state index in [0.29, 0.717) is 0 Å². The van der Waals surface area contributed by atoms with Crippen molar-refractivity contribution in [2.24, 2.45) is 12.8 Å². The van der Waals surface area contributed by atoms with Crippen LogP contribution in [-0.2, 0) is 11.8 Å². The van der Waals surface area contributed by atoms with Crippen LogP contribution in [-0.4, -0.2) is 28.0 Å². The molecule has 4 heteroatoms. The first-order chi connectivity index (χ1) is 9.65. The van der Waals surface area contributed by atoms with Crippen molar-refractivity contribution in [1.29, 1.82) is 0 Å². The number of nitrogens with two attached hydrogens (primary N) is 1. The van der Waals surface area contributed by atoms with Crippen LogP contribution in [0.2, 0.25) is 0 Å². The fraction of sp³-hybridized carbons (Fsp3) is 0.688. The molecule has 1 aliphatic rings. The van der Waals surface area contributed by atoms with Gasteiger partial charge < -0.3 is 15.2 Å². The topological polar surface area (TPSA) is 51.3 Å². The first-order valence-corrected chi connectivity index (χ1v) is 7.82. The van der Waals surface area contributed by atoms with Gasteiger partial charge in [0.05, 0.1) is 12.1 Å². The highest BCUT2D eigenvalue weighted by Crippen LogP contribution is 2.30. The van der Waals surface area contributed by atoms with Crippen molar-refractivity contribution in [3.05, 3.63) is 24.0 Å². The maximum Gasteiger partial charge on any atom is 0.240 e. The minimum absolute atomic E-state index is 0.125. The van der Waals surface area contributed by atoms with Crippen LogP contribution in [0.15, 0.2) is 18.3 Å². The average Bonchev–Trinajstić information content (AvgIpc) is 2.72. The van der Waals surface area contributed by atoms with Gasteiger partial charge in [0, 0.05) is 25.5 Å². The molecule has 1 unspecified atom stereocenters. The quantitative estimate of drug-likeness (QED) is 0.919. The second-order valence-corrected chi connectivity index (χ2v) is 5.84. The zero-order chi connectivity index (χ0) is 14.5. The lowest BCUT2D eigenvalue weighted by Gasteiger charge is -2.32. The smallest absolute Gasteiger partial charge is 0.240 e. The minimum Gasteiger partial charge on any atom is -0.353 e. The Morgan fingerprint density at radius 3 is 2.90 bits per heavy atom. The molecule has 2 atom stereocenters. The Hall–Kier alpha value is -1.29. The number of aryl methyl sites for hydroxylation is 1. The normalized spacial score (nSPS) is 21.6. The molecular formula is C16H27N3O. The predicted molar refractivity (Wildman–Crippen MR) is 81.2 cm³/mol. The summed E-state index contributed by atoms with van der Waals surface area (Å²) in [5, 5.41) is 0. The van der Waals surface area contributed by atoms with Crippen molar-refractivity contribution < 1.29 is 4.79 Å². The van der Waals surface area contributed by atoms with Gasteiger partial charge in [-0.2, -0.15) is 0 Å². The molecule has 20 heavy (non-hydrogen) atoms. The van der Waals surface area contributed by atoms with Crippen LogP contribution in [0.25, 0.3) is 0 Å². The first kappa shape index (κ1) is 15.1. The van der Waals surface area contributed by atoms with Crippen LogP contribution in [0.4, 0.5) is 0 Å². The van der Waals surface area contributed by atoms with Gasteiger partial charge in [-0.25, -0.2) is 0 Å². The Bertz CT molecular complexity index is 441. The summed E-state index contributed by atoms with van der Waals surface area (Å²) in [5.74, 6) is 0.125. The fourth-order valence-corrected chi connectivity index (χ4v) is 3.15. The van der Waals surface area contributed by atoms with E-state index in [9.17, 15) is 4.79 Å². The van der Waals surface area contributed by atoms with Crippen molar-refractivity contribution in [1.82, 2.24) is 9.47 Å². The van der Waals surface area contributed by atoms with E-state index in [1.165, 1.54) is 18.5 Å². The molecule has 1 saturated heterocycles. The van der Waals surface area contributed by atoms with Gasteiger partial charge in [0.15, 0.2) is 0 Å². The number of aromatic nitrogens is 1. The van der Waals surface area contributed by atoms with Gasteiger partial charge in [0.25, 0.3) is 0 Å². The maximum atomic E-state index is 12.6. The SMILES string of the molecule is CCC[C@@H](N)C(=O)N1CCCCCC1c1cccn1C. The highest BCUT2D eigenvalue weighted by Gasteiger charge is 2.30. The molecule has 1 aromatic rings. The number of carbonyl (C=O) groups is 1. The molecule has 0 radical (unpaired) electrons. The Balaban J connectivity index is 2.21. The van der Waals surface area contributed by atoms with Gasteiger partial charge in [0.1, 0.15) is 0 Å². The molecule has 0 aromatic carbocycles. The number of hydrogen-bond acceptors (Lipinski definition) is 2. The summed E-state index contributed by atoms with van der Waals surface area (Å²) >= 11 is 0. The van der Waals surface area contributed by atoms with Gasteiger partial charge >= 0.3 is 0 Å². The van der Waals surface area contributed by atoms with Gasteiger partial charge in [-0.05, 0) is 31.4 Å².